The fourth-order valence-electron chi connectivity index (χ4n) is 23.0. The Bertz CT molecular complexity index is 3900. The van der Waals surface area contributed by atoms with Crippen molar-refractivity contribution in [3.05, 3.63) is 128 Å². The third kappa shape index (κ3) is 25.7. The van der Waals surface area contributed by atoms with Crippen molar-refractivity contribution in [2.75, 3.05) is 19.8 Å². The quantitative estimate of drug-likeness (QED) is 0.0165. The van der Waals surface area contributed by atoms with Gasteiger partial charge in [-0.1, -0.05) is 174 Å². The van der Waals surface area contributed by atoms with E-state index in [0.29, 0.717) is 95.4 Å². The highest BCUT2D eigenvalue weighted by atomic mass is 28.4. The molecule has 15 rings (SSSR count). The molecule has 4 aromatic carbocycles. The van der Waals surface area contributed by atoms with Crippen LogP contribution >= 0.6 is 0 Å². The zero-order valence-electron chi connectivity index (χ0n) is 76.5. The van der Waals surface area contributed by atoms with Gasteiger partial charge in [-0.05, 0) is 338 Å². The number of aliphatic hydroxyl groups is 3. The highest BCUT2D eigenvalue weighted by molar-refractivity contribution is 6.74. The molecule has 122 heavy (non-hydrogen) atoms. The maximum absolute atomic E-state index is 13.5. The Morgan fingerprint density at radius 3 is 1.32 bits per heavy atom. The first-order valence-electron chi connectivity index (χ1n) is 49.4. The SMILES string of the molecule is CCCCC[C@@H](O)CCC1[C@H]2Cc3cccc(O)c3CC2C[C@H]1O.CCCCC[C@H](CCC1=C2C(CC1=O)Cc1c(O)cccc1[C@H]2O[Si](C)(C)C(C)(C)C)OC1CCCCO1.CCCCC[C@H](CCC1C(=O)CC2Cc3c(O)cccc3CC21)OC1CCCCO1.CCCCC[C@H](CCC1C2Cc3cccc(O)c3CC2C[C@H]1O)OC1CCCCO1. The van der Waals surface area contributed by atoms with Crippen LogP contribution in [0.2, 0.25) is 18.1 Å². The number of fused-ring (bicyclic) bond motifs is 8. The van der Waals surface area contributed by atoms with E-state index in [9.17, 15) is 45.3 Å². The molecule has 8 aliphatic carbocycles. The molecule has 11 aliphatic rings. The van der Waals surface area contributed by atoms with Crippen molar-refractivity contribution in [3.63, 3.8) is 0 Å². The van der Waals surface area contributed by atoms with Crippen molar-refractivity contribution in [1.82, 2.24) is 0 Å². The van der Waals surface area contributed by atoms with E-state index in [1.807, 2.05) is 24.3 Å². The fourth-order valence-corrected chi connectivity index (χ4v) is 24.2. The van der Waals surface area contributed by atoms with Gasteiger partial charge in [0.1, 0.15) is 28.8 Å². The number of ketones is 2. The van der Waals surface area contributed by atoms with Crippen molar-refractivity contribution in [1.29, 1.82) is 0 Å². The molecule has 680 valence electrons. The lowest BCUT2D eigenvalue weighted by Crippen LogP contribution is -2.43. The third-order valence-electron chi connectivity index (χ3n) is 31.0. The van der Waals surface area contributed by atoms with Gasteiger partial charge >= 0.3 is 0 Å². The van der Waals surface area contributed by atoms with E-state index >= 15 is 0 Å². The van der Waals surface area contributed by atoms with E-state index in [1.165, 1.54) is 99.3 Å². The molecule has 3 aliphatic heterocycles. The second-order valence-electron chi connectivity index (χ2n) is 40.6. The van der Waals surface area contributed by atoms with E-state index in [1.54, 1.807) is 24.3 Å². The zero-order valence-corrected chi connectivity index (χ0v) is 77.5. The summed E-state index contributed by atoms with van der Waals surface area (Å²) in [5.41, 5.74) is 11.2. The predicted octanol–water partition coefficient (Wildman–Crippen LogP) is 23.0. The summed E-state index contributed by atoms with van der Waals surface area (Å²) in [7, 11) is -2.15. The van der Waals surface area contributed by atoms with E-state index in [2.05, 4.69) is 85.8 Å². The first kappa shape index (κ1) is 96.1. The smallest absolute Gasteiger partial charge is 0.193 e. The van der Waals surface area contributed by atoms with Crippen molar-refractivity contribution in [2.45, 2.75) is 411 Å². The lowest BCUT2D eigenvalue weighted by Gasteiger charge is -2.43. The molecule has 20 atom stereocenters. The molecule has 3 saturated carbocycles. The van der Waals surface area contributed by atoms with Crippen LogP contribution in [-0.4, -0.2) is 131 Å². The van der Waals surface area contributed by atoms with Crippen LogP contribution in [0.5, 0.6) is 23.0 Å². The fraction of sp³-hybridized carbons (Fsp3) is 0.733. The van der Waals surface area contributed by atoms with Crippen molar-refractivity contribution >= 4 is 19.9 Å². The molecule has 0 bridgehead atoms. The molecule has 6 fully saturated rings. The number of aromatic hydroxyl groups is 4. The molecule has 4 aromatic rings. The summed E-state index contributed by atoms with van der Waals surface area (Å²) in [4.78, 5) is 26.4. The van der Waals surface area contributed by atoms with E-state index < -0.39 is 8.32 Å². The van der Waals surface area contributed by atoms with Crippen molar-refractivity contribution in [2.24, 2.45) is 59.2 Å². The topological polar surface area (TPSA) is 240 Å². The summed E-state index contributed by atoms with van der Waals surface area (Å²) >= 11 is 0. The second kappa shape index (κ2) is 46.8. The van der Waals surface area contributed by atoms with Crippen LogP contribution in [-0.2, 0) is 87.4 Å². The number of ether oxygens (including phenoxy) is 6. The van der Waals surface area contributed by atoms with Crippen LogP contribution in [0, 0.1) is 59.2 Å². The molecular weight excluding hydrogens is 1550 g/mol. The van der Waals surface area contributed by atoms with E-state index in [0.717, 1.165) is 239 Å². The van der Waals surface area contributed by atoms with Gasteiger partial charge in [-0.15, -0.1) is 0 Å². The minimum atomic E-state index is -2.15. The Labute approximate surface area is 735 Å². The Morgan fingerprint density at radius 1 is 0.451 bits per heavy atom. The largest absolute Gasteiger partial charge is 0.508 e. The van der Waals surface area contributed by atoms with Crippen molar-refractivity contribution < 1.29 is 78.2 Å². The minimum absolute atomic E-state index is 0.0313. The van der Waals surface area contributed by atoms with Gasteiger partial charge in [0.05, 0.1) is 42.7 Å². The van der Waals surface area contributed by atoms with Gasteiger partial charge in [-0.25, -0.2) is 0 Å². The highest BCUT2D eigenvalue weighted by Gasteiger charge is 2.51. The summed E-state index contributed by atoms with van der Waals surface area (Å²) in [5.74, 6) is 5.95. The molecule has 0 radical (unpaired) electrons. The molecule has 3 saturated heterocycles. The number of rotatable bonds is 36. The van der Waals surface area contributed by atoms with Gasteiger partial charge in [-0.2, -0.15) is 0 Å². The maximum Gasteiger partial charge on any atom is 0.193 e. The number of unbranched alkanes of at least 4 members (excludes halogenated alkanes) is 8. The third-order valence-corrected chi connectivity index (χ3v) is 35.5. The van der Waals surface area contributed by atoms with Gasteiger partial charge in [0.15, 0.2) is 33.0 Å². The number of carbonyl (C=O) groups excluding carboxylic acids is 2. The van der Waals surface area contributed by atoms with E-state index in [4.69, 9.17) is 32.8 Å². The molecule has 12 unspecified atom stereocenters. The first-order chi connectivity index (χ1) is 58.9. The Balaban J connectivity index is 0.000000150. The normalized spacial score (nSPS) is 28.7. The average molecular weight is 1710 g/mol. The van der Waals surface area contributed by atoms with Crippen LogP contribution in [0.3, 0.4) is 0 Å². The molecule has 0 spiro atoms. The van der Waals surface area contributed by atoms with Gasteiger partial charge in [0.25, 0.3) is 0 Å². The second-order valence-corrected chi connectivity index (χ2v) is 45.3. The molecule has 0 amide bonds. The minimum Gasteiger partial charge on any atom is -0.508 e. The molecule has 16 nitrogen and oxygen atoms in total. The summed E-state index contributed by atoms with van der Waals surface area (Å²) < 4.78 is 43.9. The standard InChI is InChI=1S/C32H50O5Si.C26H40O4.C26H38O4.C21H32O3/c1-7-8-9-13-23(36-29-16-10-11-19-35-29)17-18-25-28(34)21-22-20-26-24(14-12-15-27(26)33)31(30(22)25)37-38(5,6)32(2,3)4;2*1-2-3-4-9-20(30-26-11-5-6-14-29-26)12-13-21-22-15-18-8-7-10-24(27)23(18)16-19(22)17-25(21)28;1-2-3-4-7-16(22)9-10-17-18-11-14-6-5-8-20(23)19(14)12-15(18)13-21(17)24/h12,14-15,22-23,29,31,33H,7-11,13,16-21H2,1-6H3;7-8,10,19-22,25-28H,2-6,9,11-17H2,1H3;7-8,10,19-22,26-27H,2-6,9,11-17H2,1H3;5-6,8,15-18,21-24H,2-4,7,9-13H2,1H3/t22?,23-,29?,31-;19?,20-,21?,22?,25-,26?;19?,20-,21?,22?,26?;15?,16-,17?,18+,21-/m1111/s1. The zero-order chi connectivity index (χ0) is 86.5. The van der Waals surface area contributed by atoms with Gasteiger partial charge in [-0.3, -0.25) is 9.59 Å². The molecule has 3 heterocycles. The number of aliphatic hydroxyl groups excluding tert-OH is 3. The maximum atomic E-state index is 13.5. The first-order valence-corrected chi connectivity index (χ1v) is 52.3. The number of phenolic OH excluding ortho intramolecular Hbond substituents is 4. The van der Waals surface area contributed by atoms with E-state index in [-0.39, 0.29) is 84.3 Å². The summed E-state index contributed by atoms with van der Waals surface area (Å²) in [6.45, 7) is 22.6. The molecule has 17 heteroatoms. The van der Waals surface area contributed by atoms with Crippen LogP contribution < -0.4 is 0 Å². The van der Waals surface area contributed by atoms with Crippen LogP contribution in [0.15, 0.2) is 83.9 Å². The average Bonchev–Trinajstić information content (AvgIpc) is 1.51. The predicted molar refractivity (Wildman–Crippen MR) is 487 cm³/mol. The number of hydrogen-bond donors (Lipinski definition) is 7. The van der Waals surface area contributed by atoms with Crippen LogP contribution in [0.4, 0.5) is 0 Å². The van der Waals surface area contributed by atoms with Crippen LogP contribution in [0.1, 0.15) is 337 Å². The Hall–Kier alpha value is -5.02. The van der Waals surface area contributed by atoms with Gasteiger partial charge in [0, 0.05) is 44.1 Å². The Morgan fingerprint density at radius 2 is 0.869 bits per heavy atom. The molecule has 0 aromatic heterocycles. The lowest BCUT2D eigenvalue weighted by molar-refractivity contribution is -0.191. The summed E-state index contributed by atoms with van der Waals surface area (Å²) in [5, 5.41) is 73.0. The number of phenols is 4. The number of allylic oxidation sites excluding steroid dienone is 1. The van der Waals surface area contributed by atoms with Crippen molar-refractivity contribution in [3.8, 4) is 23.0 Å². The lowest BCUT2D eigenvalue weighted by atomic mass is 9.73. The van der Waals surface area contributed by atoms with Crippen LogP contribution in [0.25, 0.3) is 0 Å². The number of benzene rings is 4. The number of hydrogen-bond acceptors (Lipinski definition) is 16. The Kier molecular flexibility index (Phi) is 36.9. The van der Waals surface area contributed by atoms with Gasteiger partial charge < -0.3 is 68.6 Å². The van der Waals surface area contributed by atoms with Gasteiger partial charge in [0.2, 0.25) is 0 Å². The molecule has 7 N–H and O–H groups in total. The highest BCUT2D eigenvalue weighted by Crippen LogP contribution is 2.55. The monoisotopic (exact) mass is 1710 g/mol. The number of carbonyl (C=O) groups is 2. The summed E-state index contributed by atoms with van der Waals surface area (Å²) in [6.07, 6.45) is 44.0. The number of Topliss-reactive ketones (excluding diaryl/α,β-unsaturated/α-hetero) is 2. The summed E-state index contributed by atoms with van der Waals surface area (Å²) in [6, 6.07) is 23.3. The molecular formula is C105H160O16Si.